The minimum absolute atomic E-state index is 0.0711. The van der Waals surface area contributed by atoms with Crippen LogP contribution in [0.1, 0.15) is 19.8 Å². The van der Waals surface area contributed by atoms with Gasteiger partial charge in [0.2, 0.25) is 0 Å². The number of nitrogens with two attached hydrogens (primary N) is 1. The molecule has 0 aliphatic heterocycles. The van der Waals surface area contributed by atoms with Crippen LogP contribution in [0.5, 0.6) is 0 Å². The first kappa shape index (κ1) is 10.4. The number of hydrogen-bond acceptors (Lipinski definition) is 3. The molecule has 0 radical (unpaired) electrons. The quantitative estimate of drug-likeness (QED) is 0.711. The summed E-state index contributed by atoms with van der Waals surface area (Å²) in [4.78, 5) is 3.91. The third kappa shape index (κ3) is 2.98. The van der Waals surface area contributed by atoms with E-state index in [1.54, 1.807) is 12.3 Å². The molecule has 1 aromatic heterocycles. The van der Waals surface area contributed by atoms with Crippen LogP contribution >= 0.6 is 0 Å². The van der Waals surface area contributed by atoms with Crippen molar-refractivity contribution in [2.24, 2.45) is 0 Å². The molecule has 14 heavy (non-hydrogen) atoms. The van der Waals surface area contributed by atoms with Gasteiger partial charge in [0.25, 0.3) is 0 Å². The highest BCUT2D eigenvalue weighted by Gasteiger charge is 2.02. The molecule has 0 aliphatic carbocycles. The maximum atomic E-state index is 5.55. The predicted octanol–water partition coefficient (Wildman–Crippen LogP) is 1.88. The largest absolute Gasteiger partial charge is 0.384 e. The Hall–Kier alpha value is -1.69. The molecule has 1 unspecified atom stereocenters. The molecule has 1 aromatic rings. The molecule has 1 heterocycles. The van der Waals surface area contributed by atoms with Gasteiger partial charge in [-0.15, -0.1) is 6.42 Å². The molecule has 0 saturated heterocycles. The summed E-state index contributed by atoms with van der Waals surface area (Å²) in [6.07, 6.45) is 9.06. The number of aromatic nitrogens is 1. The van der Waals surface area contributed by atoms with Crippen LogP contribution in [0, 0.1) is 12.3 Å². The lowest BCUT2D eigenvalue weighted by molar-refractivity contribution is 0.756. The number of hydrogen-bond donors (Lipinski definition) is 2. The fourth-order valence-corrected chi connectivity index (χ4v) is 1.23. The van der Waals surface area contributed by atoms with Gasteiger partial charge in [0.05, 0.1) is 6.04 Å². The van der Waals surface area contributed by atoms with Crippen molar-refractivity contribution in [3.8, 4) is 12.3 Å². The summed E-state index contributed by atoms with van der Waals surface area (Å²) in [5.74, 6) is 3.20. The van der Waals surface area contributed by atoms with E-state index in [0.29, 0.717) is 5.82 Å². The fourth-order valence-electron chi connectivity index (χ4n) is 1.23. The lowest BCUT2D eigenvalue weighted by atomic mass is 10.1. The number of pyridine rings is 1. The van der Waals surface area contributed by atoms with Gasteiger partial charge in [-0.3, -0.25) is 0 Å². The third-order valence-corrected chi connectivity index (χ3v) is 1.90. The van der Waals surface area contributed by atoms with Crippen molar-refractivity contribution < 1.29 is 0 Å². The topological polar surface area (TPSA) is 50.9 Å². The van der Waals surface area contributed by atoms with Crippen LogP contribution in [0.2, 0.25) is 0 Å². The first-order chi connectivity index (χ1) is 6.76. The van der Waals surface area contributed by atoms with Gasteiger partial charge in [0, 0.05) is 18.0 Å². The summed E-state index contributed by atoms with van der Waals surface area (Å²) in [5, 5.41) is 3.21. The summed E-state index contributed by atoms with van der Waals surface area (Å²) >= 11 is 0. The molecule has 1 rings (SSSR count). The highest BCUT2D eigenvalue weighted by Crippen LogP contribution is 2.11. The Balaban J connectivity index is 2.63. The van der Waals surface area contributed by atoms with Crippen molar-refractivity contribution in [2.45, 2.75) is 25.8 Å². The second kappa shape index (κ2) is 5.13. The van der Waals surface area contributed by atoms with E-state index in [9.17, 15) is 0 Å². The van der Waals surface area contributed by atoms with Crippen LogP contribution in [0.25, 0.3) is 0 Å². The molecule has 3 nitrogen and oxygen atoms in total. The van der Waals surface area contributed by atoms with E-state index in [1.807, 2.05) is 6.07 Å². The van der Waals surface area contributed by atoms with Crippen LogP contribution < -0.4 is 11.1 Å². The van der Waals surface area contributed by atoms with Crippen molar-refractivity contribution in [2.75, 3.05) is 11.1 Å². The highest BCUT2D eigenvalue weighted by atomic mass is 14.9. The lowest BCUT2D eigenvalue weighted by Crippen LogP contribution is -2.16. The zero-order valence-electron chi connectivity index (χ0n) is 8.33. The van der Waals surface area contributed by atoms with E-state index in [1.165, 1.54) is 0 Å². The molecule has 0 saturated carbocycles. The van der Waals surface area contributed by atoms with Crippen LogP contribution in [0.4, 0.5) is 11.5 Å². The molecule has 3 heteroatoms. The van der Waals surface area contributed by atoms with Gasteiger partial charge < -0.3 is 11.1 Å². The number of nitrogens with one attached hydrogen (secondary N) is 1. The zero-order valence-corrected chi connectivity index (χ0v) is 8.33. The van der Waals surface area contributed by atoms with E-state index >= 15 is 0 Å². The number of nitrogen functional groups attached to an aromatic ring is 1. The second-order valence-corrected chi connectivity index (χ2v) is 3.12. The molecule has 0 aromatic carbocycles. The average molecular weight is 189 g/mol. The van der Waals surface area contributed by atoms with Gasteiger partial charge in [-0.2, -0.15) is 0 Å². The molecule has 0 amide bonds. The monoisotopic (exact) mass is 189 g/mol. The third-order valence-electron chi connectivity index (χ3n) is 1.90. The van der Waals surface area contributed by atoms with Gasteiger partial charge in [-0.05, 0) is 12.5 Å². The molecular weight excluding hydrogens is 174 g/mol. The molecule has 0 spiro atoms. The molecule has 0 aliphatic rings. The second-order valence-electron chi connectivity index (χ2n) is 3.12. The van der Waals surface area contributed by atoms with Crippen molar-refractivity contribution in [1.29, 1.82) is 0 Å². The normalized spacial score (nSPS) is 11.7. The van der Waals surface area contributed by atoms with Gasteiger partial charge in [0.1, 0.15) is 5.82 Å². The molecule has 0 fully saturated rings. The van der Waals surface area contributed by atoms with Crippen LogP contribution in [0.3, 0.4) is 0 Å². The predicted molar refractivity (Wildman–Crippen MR) is 59.8 cm³/mol. The minimum atomic E-state index is 0.0711. The van der Waals surface area contributed by atoms with E-state index in [2.05, 4.69) is 23.1 Å². The number of anilines is 2. The lowest BCUT2D eigenvalue weighted by Gasteiger charge is -2.13. The molecule has 74 valence electrons. The summed E-state index contributed by atoms with van der Waals surface area (Å²) in [5.41, 5.74) is 6.47. The molecule has 0 bridgehead atoms. The van der Waals surface area contributed by atoms with Crippen molar-refractivity contribution in [3.05, 3.63) is 18.3 Å². The fraction of sp³-hybridized carbons (Fsp3) is 0.364. The van der Waals surface area contributed by atoms with E-state index in [4.69, 9.17) is 12.2 Å². The van der Waals surface area contributed by atoms with Crippen LogP contribution in [-0.4, -0.2) is 11.0 Å². The van der Waals surface area contributed by atoms with Crippen molar-refractivity contribution >= 4 is 11.5 Å². The summed E-state index contributed by atoms with van der Waals surface area (Å²) < 4.78 is 0. The van der Waals surface area contributed by atoms with E-state index in [0.717, 1.165) is 18.5 Å². The molecular formula is C11H15N3. The number of nitrogens with zero attached hydrogens (tertiary/aromatic N) is 1. The Morgan fingerprint density at radius 3 is 3.07 bits per heavy atom. The van der Waals surface area contributed by atoms with Crippen LogP contribution in [-0.2, 0) is 0 Å². The Bertz CT molecular complexity index is 328. The standard InChI is InChI=1S/C11H15N3/c1-3-5-9(4-2)14-10-6-7-13-11(12)8-10/h2,6-9H,3,5H2,1H3,(H3,12,13,14). The first-order valence-electron chi connectivity index (χ1n) is 4.70. The number of terminal acetylenes is 1. The Morgan fingerprint density at radius 2 is 2.50 bits per heavy atom. The Kier molecular flexibility index (Phi) is 3.81. The number of rotatable bonds is 4. The molecule has 3 N–H and O–H groups in total. The van der Waals surface area contributed by atoms with Gasteiger partial charge >= 0.3 is 0 Å². The van der Waals surface area contributed by atoms with Gasteiger partial charge in [0.15, 0.2) is 0 Å². The van der Waals surface area contributed by atoms with Crippen molar-refractivity contribution in [1.82, 2.24) is 4.98 Å². The Morgan fingerprint density at radius 1 is 1.71 bits per heavy atom. The van der Waals surface area contributed by atoms with Crippen LogP contribution in [0.15, 0.2) is 18.3 Å². The van der Waals surface area contributed by atoms with Gasteiger partial charge in [-0.1, -0.05) is 19.3 Å². The van der Waals surface area contributed by atoms with E-state index in [-0.39, 0.29) is 6.04 Å². The Labute approximate surface area is 84.7 Å². The van der Waals surface area contributed by atoms with E-state index < -0.39 is 0 Å². The smallest absolute Gasteiger partial charge is 0.125 e. The minimum Gasteiger partial charge on any atom is -0.384 e. The highest BCUT2D eigenvalue weighted by molar-refractivity contribution is 5.51. The summed E-state index contributed by atoms with van der Waals surface area (Å²) in [7, 11) is 0. The maximum absolute atomic E-state index is 5.55. The maximum Gasteiger partial charge on any atom is 0.125 e. The first-order valence-corrected chi connectivity index (χ1v) is 4.70. The van der Waals surface area contributed by atoms with Crippen molar-refractivity contribution in [3.63, 3.8) is 0 Å². The molecule has 1 atom stereocenters. The van der Waals surface area contributed by atoms with Gasteiger partial charge in [-0.25, -0.2) is 4.98 Å². The zero-order chi connectivity index (χ0) is 10.4. The summed E-state index contributed by atoms with van der Waals surface area (Å²) in [6.45, 7) is 2.10. The average Bonchev–Trinajstić information content (AvgIpc) is 2.17. The summed E-state index contributed by atoms with van der Waals surface area (Å²) in [6, 6.07) is 3.71. The SMILES string of the molecule is C#CC(CCC)Nc1ccnc(N)c1.